The van der Waals surface area contributed by atoms with Gasteiger partial charge in [0.05, 0.1) is 24.3 Å². The maximum atomic E-state index is 12.5. The van der Waals surface area contributed by atoms with Crippen molar-refractivity contribution in [2.45, 2.75) is 52.5 Å². The fourth-order valence-corrected chi connectivity index (χ4v) is 4.26. The smallest absolute Gasteiger partial charge is 0.251 e. The number of carbonyl (C=O) groups excluding carboxylic acids is 1. The highest BCUT2D eigenvalue weighted by atomic mass is 16.5. The van der Waals surface area contributed by atoms with Crippen molar-refractivity contribution in [3.05, 3.63) is 76.6 Å². The number of benzene rings is 2. The Morgan fingerprint density at radius 1 is 1.06 bits per heavy atom. The number of carbonyl (C=O) groups is 1. The summed E-state index contributed by atoms with van der Waals surface area (Å²) in [5.74, 6) is 0.423. The molecule has 2 aromatic carbocycles. The normalized spacial score (nSPS) is 10.7. The van der Waals surface area contributed by atoms with Crippen molar-refractivity contribution in [3.63, 3.8) is 0 Å². The zero-order valence-corrected chi connectivity index (χ0v) is 19.1. The van der Waals surface area contributed by atoms with Gasteiger partial charge >= 0.3 is 0 Å². The second-order valence-electron chi connectivity index (χ2n) is 8.04. The van der Waals surface area contributed by atoms with Crippen LogP contribution in [0.15, 0.2) is 48.5 Å². The molecule has 0 aliphatic heterocycles. The highest BCUT2D eigenvalue weighted by Crippen LogP contribution is 2.34. The molecule has 3 aromatic rings. The summed E-state index contributed by atoms with van der Waals surface area (Å²) >= 11 is 0. The Morgan fingerprint density at radius 2 is 1.75 bits per heavy atom. The van der Waals surface area contributed by atoms with E-state index in [-0.39, 0.29) is 0 Å². The summed E-state index contributed by atoms with van der Waals surface area (Å²) in [6, 6.07) is 17.7. The lowest BCUT2D eigenvalue weighted by Crippen LogP contribution is -2.14. The number of hydrogen-bond acceptors (Lipinski definition) is 3. The summed E-state index contributed by atoms with van der Waals surface area (Å²) in [5, 5.41) is 9.16. The first kappa shape index (κ1) is 23.1. The molecule has 0 spiro atoms. The third-order valence-electron chi connectivity index (χ3n) is 5.98. The fourth-order valence-electron chi connectivity index (χ4n) is 4.26. The molecule has 0 bridgehead atoms. The van der Waals surface area contributed by atoms with Crippen molar-refractivity contribution in [2.24, 2.45) is 5.73 Å². The van der Waals surface area contributed by atoms with Crippen molar-refractivity contribution >= 4 is 5.91 Å². The minimum absolute atomic E-state index is 0.415. The van der Waals surface area contributed by atoms with E-state index in [1.54, 1.807) is 19.2 Å². The number of nitrogens with zero attached hydrogens (tertiary/aromatic N) is 2. The van der Waals surface area contributed by atoms with Crippen molar-refractivity contribution in [3.8, 4) is 22.9 Å². The lowest BCUT2D eigenvalue weighted by molar-refractivity contribution is 0.1000. The number of aromatic nitrogens is 1. The van der Waals surface area contributed by atoms with E-state index < -0.39 is 5.91 Å². The minimum atomic E-state index is -0.415. The van der Waals surface area contributed by atoms with E-state index in [9.17, 15) is 4.79 Å². The molecule has 0 atom stereocenters. The summed E-state index contributed by atoms with van der Waals surface area (Å²) in [6.45, 7) is 4.92. The van der Waals surface area contributed by atoms with Gasteiger partial charge in [-0.3, -0.25) is 4.79 Å². The molecule has 2 N–H and O–H groups in total. The average Bonchev–Trinajstić information content (AvgIpc) is 3.09. The number of rotatable bonds is 10. The fraction of sp³-hybridized carbons (Fsp3) is 0.333. The van der Waals surface area contributed by atoms with E-state index in [2.05, 4.69) is 29.7 Å². The number of nitrogens with two attached hydrogens (primary N) is 1. The van der Waals surface area contributed by atoms with Gasteiger partial charge in [-0.1, -0.05) is 44.0 Å². The Kier molecular flexibility index (Phi) is 7.72. The van der Waals surface area contributed by atoms with Gasteiger partial charge in [0.2, 0.25) is 0 Å². The molecule has 32 heavy (non-hydrogen) atoms. The van der Waals surface area contributed by atoms with Gasteiger partial charge in [-0.25, -0.2) is 0 Å². The molecular weight excluding hydrogens is 398 g/mol. The Hall–Kier alpha value is -3.52. The largest absolute Gasteiger partial charge is 0.497 e. The molecule has 0 fully saturated rings. The van der Waals surface area contributed by atoms with E-state index in [1.807, 2.05) is 31.2 Å². The van der Waals surface area contributed by atoms with Gasteiger partial charge in [-0.05, 0) is 61.6 Å². The van der Waals surface area contributed by atoms with Gasteiger partial charge in [0, 0.05) is 23.5 Å². The van der Waals surface area contributed by atoms with Crippen LogP contribution in [-0.4, -0.2) is 17.6 Å². The highest BCUT2D eigenvalue weighted by molar-refractivity contribution is 6.02. The van der Waals surface area contributed by atoms with Crippen LogP contribution in [0.4, 0.5) is 0 Å². The molecular formula is C27H31N3O2. The average molecular weight is 430 g/mol. The summed E-state index contributed by atoms with van der Waals surface area (Å²) in [4.78, 5) is 12.5. The molecule has 1 aromatic heterocycles. The third kappa shape index (κ3) is 5.03. The number of ether oxygens (including phenoxy) is 1. The molecule has 0 radical (unpaired) electrons. The van der Waals surface area contributed by atoms with Crippen molar-refractivity contribution in [1.29, 1.82) is 5.26 Å². The quantitative estimate of drug-likeness (QED) is 0.437. The van der Waals surface area contributed by atoms with E-state index in [4.69, 9.17) is 15.7 Å². The molecule has 5 nitrogen and oxygen atoms in total. The van der Waals surface area contributed by atoms with Crippen LogP contribution in [0, 0.1) is 18.3 Å². The van der Waals surface area contributed by atoms with Crippen LogP contribution in [0.1, 0.15) is 59.1 Å². The molecule has 0 saturated carbocycles. The Balaban J connectivity index is 2.05. The number of hydrogen-bond donors (Lipinski definition) is 1. The van der Waals surface area contributed by atoms with Crippen LogP contribution in [0.3, 0.4) is 0 Å². The van der Waals surface area contributed by atoms with Gasteiger partial charge in [-0.2, -0.15) is 5.26 Å². The van der Waals surface area contributed by atoms with Crippen LogP contribution in [0.2, 0.25) is 0 Å². The van der Waals surface area contributed by atoms with Gasteiger partial charge in [0.15, 0.2) is 0 Å². The van der Waals surface area contributed by atoms with Crippen LogP contribution < -0.4 is 10.5 Å². The van der Waals surface area contributed by atoms with Gasteiger partial charge < -0.3 is 15.0 Å². The Morgan fingerprint density at radius 3 is 2.31 bits per heavy atom. The van der Waals surface area contributed by atoms with Crippen LogP contribution >= 0.6 is 0 Å². The van der Waals surface area contributed by atoms with Crippen LogP contribution in [0.5, 0.6) is 5.75 Å². The van der Waals surface area contributed by atoms with Crippen molar-refractivity contribution in [1.82, 2.24) is 4.57 Å². The predicted octanol–water partition coefficient (Wildman–Crippen LogP) is 5.42. The van der Waals surface area contributed by atoms with E-state index in [0.29, 0.717) is 11.1 Å². The molecule has 5 heteroatoms. The molecule has 0 aliphatic carbocycles. The lowest BCUT2D eigenvalue weighted by Gasteiger charge is -2.14. The summed E-state index contributed by atoms with van der Waals surface area (Å²) < 4.78 is 7.52. The molecule has 0 aliphatic rings. The number of methoxy groups -OCH3 is 1. The summed E-state index contributed by atoms with van der Waals surface area (Å²) in [7, 11) is 1.66. The molecule has 0 saturated heterocycles. The topological polar surface area (TPSA) is 81.0 Å². The zero-order valence-electron chi connectivity index (χ0n) is 19.1. The molecule has 3 rings (SSSR count). The first-order chi connectivity index (χ1) is 15.5. The zero-order chi connectivity index (χ0) is 23.1. The molecule has 0 unspecified atom stereocenters. The summed E-state index contributed by atoms with van der Waals surface area (Å²) in [5.41, 5.74) is 12.1. The van der Waals surface area contributed by atoms with Gasteiger partial charge in [0.25, 0.3) is 5.91 Å². The molecule has 1 heterocycles. The minimum Gasteiger partial charge on any atom is -0.497 e. The second-order valence-corrected chi connectivity index (χ2v) is 8.04. The number of nitriles is 1. The predicted molar refractivity (Wildman–Crippen MR) is 128 cm³/mol. The summed E-state index contributed by atoms with van der Waals surface area (Å²) in [6.07, 6.45) is 5.01. The van der Waals surface area contributed by atoms with E-state index in [0.717, 1.165) is 66.9 Å². The first-order valence-electron chi connectivity index (χ1n) is 11.1. The lowest BCUT2D eigenvalue weighted by atomic mass is 9.96. The van der Waals surface area contributed by atoms with E-state index >= 15 is 0 Å². The SMILES string of the molecule is CCCCCc1c(-c2ccc(C#N)cc2)c(C(N)=O)c(C)n1CCc1ccc(OC)cc1. The monoisotopic (exact) mass is 429 g/mol. The number of unbranched alkanes of at least 4 members (excludes halogenated alkanes) is 2. The standard InChI is InChI=1S/C27H31N3O2/c1-4-5-6-7-24-26(22-12-8-21(18-28)9-13-22)25(27(29)31)19(2)30(24)17-16-20-10-14-23(32-3)15-11-20/h8-15H,4-7,16-17H2,1-3H3,(H2,29,31). The number of aryl methyl sites for hydroxylation is 1. The second kappa shape index (κ2) is 10.7. The maximum Gasteiger partial charge on any atom is 0.251 e. The van der Waals surface area contributed by atoms with Gasteiger partial charge in [0.1, 0.15) is 5.75 Å². The molecule has 1 amide bonds. The van der Waals surface area contributed by atoms with Crippen molar-refractivity contribution in [2.75, 3.05) is 7.11 Å². The Labute approximate surface area is 190 Å². The maximum absolute atomic E-state index is 12.5. The Bertz CT molecular complexity index is 1100. The van der Waals surface area contributed by atoms with Crippen molar-refractivity contribution < 1.29 is 9.53 Å². The molecule has 166 valence electrons. The number of amides is 1. The first-order valence-corrected chi connectivity index (χ1v) is 11.1. The van der Waals surface area contributed by atoms with Crippen LogP contribution in [0.25, 0.3) is 11.1 Å². The van der Waals surface area contributed by atoms with E-state index in [1.165, 1.54) is 5.56 Å². The third-order valence-corrected chi connectivity index (χ3v) is 5.98. The van der Waals surface area contributed by atoms with Crippen LogP contribution in [-0.2, 0) is 19.4 Å². The number of primary amides is 1. The van der Waals surface area contributed by atoms with Gasteiger partial charge in [-0.15, -0.1) is 0 Å². The highest BCUT2D eigenvalue weighted by Gasteiger charge is 2.24.